The van der Waals surface area contributed by atoms with Crippen molar-refractivity contribution in [3.8, 4) is 0 Å². The maximum atomic E-state index is 13.3. The number of ketones is 1. The third-order valence-electron chi connectivity index (χ3n) is 6.09. The molecule has 0 bridgehead atoms. The number of aromatic nitrogens is 2. The van der Waals surface area contributed by atoms with Crippen molar-refractivity contribution in [1.29, 1.82) is 0 Å². The molecule has 2 aromatic heterocycles. The van der Waals surface area contributed by atoms with E-state index in [0.29, 0.717) is 35.4 Å². The molecular formula is C22H27N3O5S3. The molecule has 4 rings (SSSR count). The standard InChI is InChI=1S/C22H27N3O5S3/c23-33(28,29)30-11-17-6-15(8-20(17)26)7-19-18(10-24-13-25-19)22(27)21-9-16(12-32-21)5-14-1-3-31-4-2-14/h1,9-10,12-13,15,17,20,26H,2-8,11H2,(H2,23,28,29)/t15-,17+,20-/m0/s1. The van der Waals surface area contributed by atoms with Crippen LogP contribution in [0.15, 0.2) is 35.6 Å². The van der Waals surface area contributed by atoms with E-state index in [9.17, 15) is 18.3 Å². The summed E-state index contributed by atoms with van der Waals surface area (Å²) in [5.41, 5.74) is 3.69. The summed E-state index contributed by atoms with van der Waals surface area (Å²) in [7, 11) is -4.05. The minimum Gasteiger partial charge on any atom is -0.393 e. The molecule has 1 aliphatic heterocycles. The lowest BCUT2D eigenvalue weighted by molar-refractivity contribution is 0.100. The fourth-order valence-corrected chi connectivity index (χ4v) is 6.59. The van der Waals surface area contributed by atoms with Gasteiger partial charge >= 0.3 is 10.3 Å². The molecule has 3 atom stereocenters. The van der Waals surface area contributed by atoms with Gasteiger partial charge in [-0.3, -0.25) is 8.98 Å². The zero-order valence-corrected chi connectivity index (χ0v) is 20.5. The van der Waals surface area contributed by atoms with Crippen LogP contribution in [0.1, 0.15) is 45.8 Å². The van der Waals surface area contributed by atoms with E-state index in [4.69, 9.17) is 5.14 Å². The largest absolute Gasteiger partial charge is 0.393 e. The van der Waals surface area contributed by atoms with Gasteiger partial charge in [-0.25, -0.2) is 15.1 Å². The number of rotatable bonds is 9. The van der Waals surface area contributed by atoms with Gasteiger partial charge in [0, 0.05) is 17.9 Å². The van der Waals surface area contributed by atoms with Crippen LogP contribution < -0.4 is 5.14 Å². The first-order valence-corrected chi connectivity index (χ1v) is 14.3. The van der Waals surface area contributed by atoms with Crippen molar-refractivity contribution < 1.29 is 22.5 Å². The number of hydrogen-bond donors (Lipinski definition) is 2. The van der Waals surface area contributed by atoms with Gasteiger partial charge in [-0.15, -0.1) is 11.3 Å². The Morgan fingerprint density at radius 2 is 2.18 bits per heavy atom. The van der Waals surface area contributed by atoms with Crippen LogP contribution in [0.5, 0.6) is 0 Å². The average molecular weight is 510 g/mol. The summed E-state index contributed by atoms with van der Waals surface area (Å²) in [6, 6.07) is 1.96. The maximum absolute atomic E-state index is 13.3. The number of nitrogens with zero attached hydrogens (tertiary/aromatic N) is 2. The lowest BCUT2D eigenvalue weighted by atomic mass is 9.96. The maximum Gasteiger partial charge on any atom is 0.333 e. The van der Waals surface area contributed by atoms with E-state index in [1.165, 1.54) is 23.2 Å². The van der Waals surface area contributed by atoms with Crippen molar-refractivity contribution >= 4 is 39.2 Å². The van der Waals surface area contributed by atoms with Crippen molar-refractivity contribution in [3.63, 3.8) is 0 Å². The van der Waals surface area contributed by atoms with Crippen molar-refractivity contribution in [2.45, 2.75) is 38.2 Å². The summed E-state index contributed by atoms with van der Waals surface area (Å²) in [4.78, 5) is 22.3. The van der Waals surface area contributed by atoms with E-state index in [1.807, 2.05) is 23.2 Å². The normalized spacial score (nSPS) is 23.5. The van der Waals surface area contributed by atoms with Crippen LogP contribution >= 0.6 is 23.1 Å². The molecule has 2 aliphatic rings. The minimum atomic E-state index is -4.05. The highest BCUT2D eigenvalue weighted by molar-refractivity contribution is 7.99. The smallest absolute Gasteiger partial charge is 0.333 e. The first kappa shape index (κ1) is 24.5. The molecule has 33 heavy (non-hydrogen) atoms. The van der Waals surface area contributed by atoms with Gasteiger partial charge in [0.2, 0.25) is 5.78 Å². The number of nitrogens with two attached hydrogens (primary N) is 1. The number of allylic oxidation sites excluding steroid dienone is 1. The molecule has 0 saturated heterocycles. The van der Waals surface area contributed by atoms with Crippen molar-refractivity contribution in [2.24, 2.45) is 17.0 Å². The van der Waals surface area contributed by atoms with E-state index in [0.717, 1.165) is 29.9 Å². The Labute approximate surface area is 201 Å². The summed E-state index contributed by atoms with van der Waals surface area (Å²) in [5.74, 6) is 1.83. The Balaban J connectivity index is 1.42. The highest BCUT2D eigenvalue weighted by Gasteiger charge is 2.35. The number of carbonyl (C=O) groups is 1. The van der Waals surface area contributed by atoms with Crippen molar-refractivity contribution in [3.05, 3.63) is 57.3 Å². The SMILES string of the molecule is NS(=O)(=O)OC[C@H]1C[C@@H](Cc2ncncc2C(=O)c2cc(CC3=CCSCC3)cs2)C[C@@H]1O. The average Bonchev–Trinajstić information content (AvgIpc) is 3.38. The molecule has 1 fully saturated rings. The second kappa shape index (κ2) is 10.7. The summed E-state index contributed by atoms with van der Waals surface area (Å²) in [6.07, 6.45) is 8.08. The Morgan fingerprint density at radius 1 is 1.33 bits per heavy atom. The summed E-state index contributed by atoms with van der Waals surface area (Å²) >= 11 is 3.38. The lowest BCUT2D eigenvalue weighted by Gasteiger charge is -2.13. The quantitative estimate of drug-likeness (QED) is 0.389. The number of carbonyl (C=O) groups excluding carboxylic acids is 1. The third kappa shape index (κ3) is 6.71. The molecule has 3 heterocycles. The summed E-state index contributed by atoms with van der Waals surface area (Å²) in [5, 5.41) is 17.2. The number of aliphatic hydroxyl groups excluding tert-OH is 1. The second-order valence-corrected chi connectivity index (χ2v) is 11.8. The van der Waals surface area contributed by atoms with E-state index in [2.05, 4.69) is 20.2 Å². The topological polar surface area (TPSA) is 132 Å². The molecule has 178 valence electrons. The molecule has 3 N–H and O–H groups in total. The van der Waals surface area contributed by atoms with Gasteiger partial charge in [0.25, 0.3) is 0 Å². The lowest BCUT2D eigenvalue weighted by Crippen LogP contribution is -2.24. The molecule has 11 heteroatoms. The van der Waals surface area contributed by atoms with Crippen LogP contribution in [0, 0.1) is 11.8 Å². The number of aliphatic hydroxyl groups is 1. The molecule has 1 saturated carbocycles. The minimum absolute atomic E-state index is 0.0468. The predicted octanol–water partition coefficient (Wildman–Crippen LogP) is 2.52. The van der Waals surface area contributed by atoms with Crippen LogP contribution in [0.4, 0.5) is 0 Å². The highest BCUT2D eigenvalue weighted by Crippen LogP contribution is 2.34. The Kier molecular flexibility index (Phi) is 7.98. The van der Waals surface area contributed by atoms with Gasteiger partial charge in [0.1, 0.15) is 6.33 Å². The number of hydrogen-bond acceptors (Lipinski definition) is 9. The van der Waals surface area contributed by atoms with E-state index >= 15 is 0 Å². The van der Waals surface area contributed by atoms with Crippen LogP contribution in [0.2, 0.25) is 0 Å². The molecule has 2 aromatic rings. The monoisotopic (exact) mass is 509 g/mol. The third-order valence-corrected chi connectivity index (χ3v) is 8.43. The highest BCUT2D eigenvalue weighted by atomic mass is 32.2. The zero-order chi connectivity index (χ0) is 23.4. The number of thioether (sulfide) groups is 1. The predicted molar refractivity (Wildman–Crippen MR) is 128 cm³/mol. The van der Waals surface area contributed by atoms with E-state index in [-0.39, 0.29) is 24.2 Å². The van der Waals surface area contributed by atoms with Crippen molar-refractivity contribution in [1.82, 2.24) is 9.97 Å². The van der Waals surface area contributed by atoms with Gasteiger partial charge in [-0.2, -0.15) is 20.2 Å². The van der Waals surface area contributed by atoms with Gasteiger partial charge < -0.3 is 5.11 Å². The Hall–Kier alpha value is -1.63. The first-order valence-electron chi connectivity index (χ1n) is 10.8. The van der Waals surface area contributed by atoms with Gasteiger partial charge in [-0.1, -0.05) is 11.6 Å². The number of thiophene rings is 1. The van der Waals surface area contributed by atoms with Crippen LogP contribution in [-0.2, 0) is 27.3 Å². The fourth-order valence-electron chi connectivity index (χ4n) is 4.43. The van der Waals surface area contributed by atoms with Gasteiger partial charge in [-0.05, 0) is 60.8 Å². The molecule has 1 aliphatic carbocycles. The molecule has 0 unspecified atom stereocenters. The van der Waals surface area contributed by atoms with E-state index in [1.54, 1.807) is 6.20 Å². The molecule has 8 nitrogen and oxygen atoms in total. The summed E-state index contributed by atoms with van der Waals surface area (Å²) < 4.78 is 26.8. The fraction of sp³-hybridized carbons (Fsp3) is 0.500. The second-order valence-electron chi connectivity index (χ2n) is 8.54. The molecule has 0 aromatic carbocycles. The van der Waals surface area contributed by atoms with Crippen LogP contribution in [-0.4, -0.2) is 53.5 Å². The summed E-state index contributed by atoms with van der Waals surface area (Å²) in [6.45, 7) is -0.154. The molecular weight excluding hydrogens is 482 g/mol. The van der Waals surface area contributed by atoms with E-state index < -0.39 is 16.4 Å². The van der Waals surface area contributed by atoms with Crippen LogP contribution in [0.3, 0.4) is 0 Å². The Morgan fingerprint density at radius 3 is 2.94 bits per heavy atom. The zero-order valence-electron chi connectivity index (χ0n) is 18.1. The first-order chi connectivity index (χ1) is 15.8. The molecule has 0 amide bonds. The molecule has 0 radical (unpaired) electrons. The van der Waals surface area contributed by atoms with Crippen molar-refractivity contribution in [2.75, 3.05) is 18.1 Å². The molecule has 0 spiro atoms. The van der Waals surface area contributed by atoms with Gasteiger partial charge in [0.05, 0.1) is 28.8 Å². The van der Waals surface area contributed by atoms with Gasteiger partial charge in [0.15, 0.2) is 0 Å². The van der Waals surface area contributed by atoms with Crippen LogP contribution in [0.25, 0.3) is 0 Å². The Bertz CT molecular complexity index is 1130.